The summed E-state index contributed by atoms with van der Waals surface area (Å²) in [6.45, 7) is 0. The van der Waals surface area contributed by atoms with Crippen molar-refractivity contribution >= 4 is 44.7 Å². The van der Waals surface area contributed by atoms with Crippen LogP contribution in [-0.4, -0.2) is 20.6 Å². The lowest BCUT2D eigenvalue weighted by Crippen LogP contribution is -1.94. The van der Waals surface area contributed by atoms with Crippen LogP contribution in [0.4, 0.5) is 11.4 Å². The topological polar surface area (TPSA) is 62.2 Å². The number of benzene rings is 2. The highest BCUT2D eigenvalue weighted by Gasteiger charge is 2.07. The molecule has 3 rings (SSSR count). The first kappa shape index (κ1) is 14.8. The molecule has 3 aromatic rings. The third-order valence-corrected chi connectivity index (χ3v) is 4.51. The maximum absolute atomic E-state index is 11.7. The average Bonchev–Trinajstić information content (AvgIpc) is 2.51. The number of phenols is 1. The van der Waals surface area contributed by atoms with Crippen LogP contribution in [0.1, 0.15) is 0 Å². The molecule has 0 bridgehead atoms. The van der Waals surface area contributed by atoms with Gasteiger partial charge in [0.2, 0.25) is 0 Å². The standard InChI is InChI=1S/C16H13ClN2O2S/c1-22(21)11-3-5-14-12(9-11)15(6-7-18-14)19-10-2-4-13(17)16(20)8-10/h2-9,20H,1H3,(H,18,19). The smallest absolute Gasteiger partial charge is 0.136 e. The van der Waals surface area contributed by atoms with E-state index in [-0.39, 0.29) is 5.75 Å². The number of anilines is 2. The van der Waals surface area contributed by atoms with Gasteiger partial charge in [-0.15, -0.1) is 0 Å². The highest BCUT2D eigenvalue weighted by Crippen LogP contribution is 2.30. The van der Waals surface area contributed by atoms with Gasteiger partial charge in [-0.1, -0.05) is 11.6 Å². The Morgan fingerprint density at radius 3 is 2.73 bits per heavy atom. The molecule has 0 amide bonds. The van der Waals surface area contributed by atoms with E-state index in [0.717, 1.165) is 21.5 Å². The second-order valence-electron chi connectivity index (χ2n) is 4.78. The summed E-state index contributed by atoms with van der Waals surface area (Å²) in [6.07, 6.45) is 3.34. The molecule has 0 radical (unpaired) electrons. The number of aromatic nitrogens is 1. The third kappa shape index (κ3) is 2.91. The summed E-state index contributed by atoms with van der Waals surface area (Å²) in [5.74, 6) is 0.0142. The van der Waals surface area contributed by atoms with Crippen molar-refractivity contribution in [2.24, 2.45) is 0 Å². The number of aromatic hydroxyl groups is 1. The summed E-state index contributed by atoms with van der Waals surface area (Å²) < 4.78 is 11.7. The lowest BCUT2D eigenvalue weighted by molar-refractivity contribution is 0.476. The number of pyridine rings is 1. The quantitative estimate of drug-likeness (QED) is 0.758. The van der Waals surface area contributed by atoms with Crippen LogP contribution in [0.2, 0.25) is 5.02 Å². The number of fused-ring (bicyclic) bond motifs is 1. The van der Waals surface area contributed by atoms with E-state index in [4.69, 9.17) is 11.6 Å². The average molecular weight is 333 g/mol. The maximum Gasteiger partial charge on any atom is 0.136 e. The SMILES string of the molecule is CS(=O)c1ccc2nccc(Nc3ccc(Cl)c(O)c3)c2c1. The van der Waals surface area contributed by atoms with E-state index in [1.165, 1.54) is 0 Å². The van der Waals surface area contributed by atoms with Crippen molar-refractivity contribution in [3.8, 4) is 5.75 Å². The Morgan fingerprint density at radius 1 is 1.18 bits per heavy atom. The van der Waals surface area contributed by atoms with Crippen molar-refractivity contribution in [3.05, 3.63) is 53.7 Å². The van der Waals surface area contributed by atoms with Crippen LogP contribution >= 0.6 is 11.6 Å². The van der Waals surface area contributed by atoms with Gasteiger partial charge in [-0.2, -0.15) is 0 Å². The highest BCUT2D eigenvalue weighted by atomic mass is 35.5. The van der Waals surface area contributed by atoms with Crippen molar-refractivity contribution in [3.63, 3.8) is 0 Å². The lowest BCUT2D eigenvalue weighted by Gasteiger charge is -2.11. The molecule has 1 unspecified atom stereocenters. The maximum atomic E-state index is 11.7. The van der Waals surface area contributed by atoms with E-state index >= 15 is 0 Å². The molecule has 0 fully saturated rings. The van der Waals surface area contributed by atoms with Gasteiger partial charge in [0.25, 0.3) is 0 Å². The zero-order valence-corrected chi connectivity index (χ0v) is 13.3. The molecule has 2 aromatic carbocycles. The van der Waals surface area contributed by atoms with Crippen LogP contribution in [0.15, 0.2) is 53.6 Å². The zero-order valence-electron chi connectivity index (χ0n) is 11.7. The van der Waals surface area contributed by atoms with E-state index in [1.54, 1.807) is 30.7 Å². The Bertz CT molecular complexity index is 883. The Balaban J connectivity index is 2.07. The molecule has 0 saturated heterocycles. The molecule has 0 aliphatic heterocycles. The molecule has 0 spiro atoms. The first-order chi connectivity index (χ1) is 10.5. The normalized spacial score (nSPS) is 12.3. The van der Waals surface area contributed by atoms with E-state index in [1.807, 2.05) is 24.3 Å². The van der Waals surface area contributed by atoms with Gasteiger partial charge in [0.15, 0.2) is 0 Å². The van der Waals surface area contributed by atoms with Crippen LogP contribution in [0.5, 0.6) is 5.75 Å². The fourth-order valence-electron chi connectivity index (χ4n) is 2.16. The van der Waals surface area contributed by atoms with E-state index < -0.39 is 10.8 Å². The lowest BCUT2D eigenvalue weighted by atomic mass is 10.2. The van der Waals surface area contributed by atoms with Gasteiger partial charge < -0.3 is 10.4 Å². The molecule has 0 aliphatic rings. The zero-order chi connectivity index (χ0) is 15.7. The molecular formula is C16H13ClN2O2S. The Kier molecular flexibility index (Phi) is 4.00. The Labute approximate surface area is 135 Å². The van der Waals surface area contributed by atoms with Crippen LogP contribution in [-0.2, 0) is 10.8 Å². The molecule has 4 nitrogen and oxygen atoms in total. The predicted molar refractivity (Wildman–Crippen MR) is 90.5 cm³/mol. The molecule has 112 valence electrons. The van der Waals surface area contributed by atoms with E-state index in [2.05, 4.69) is 10.3 Å². The number of nitrogens with zero attached hydrogens (tertiary/aromatic N) is 1. The van der Waals surface area contributed by atoms with Crippen molar-refractivity contribution in [1.29, 1.82) is 0 Å². The Hall–Kier alpha value is -2.11. The van der Waals surface area contributed by atoms with Gasteiger partial charge >= 0.3 is 0 Å². The number of rotatable bonds is 3. The van der Waals surface area contributed by atoms with E-state index in [9.17, 15) is 9.32 Å². The van der Waals surface area contributed by atoms with Gasteiger partial charge in [0.1, 0.15) is 5.75 Å². The monoisotopic (exact) mass is 332 g/mol. The van der Waals surface area contributed by atoms with Gasteiger partial charge in [-0.25, -0.2) is 0 Å². The van der Waals surface area contributed by atoms with Crippen molar-refractivity contribution in [1.82, 2.24) is 4.98 Å². The molecule has 1 heterocycles. The number of nitrogens with one attached hydrogen (secondary N) is 1. The van der Waals surface area contributed by atoms with Gasteiger partial charge in [-0.3, -0.25) is 9.19 Å². The predicted octanol–water partition coefficient (Wildman–Crippen LogP) is 4.07. The second-order valence-corrected chi connectivity index (χ2v) is 6.57. The van der Waals surface area contributed by atoms with Crippen LogP contribution in [0.3, 0.4) is 0 Å². The molecule has 0 aliphatic carbocycles. The summed E-state index contributed by atoms with van der Waals surface area (Å²) in [4.78, 5) is 5.04. The fourth-order valence-corrected chi connectivity index (χ4v) is 2.82. The van der Waals surface area contributed by atoms with Crippen LogP contribution in [0, 0.1) is 0 Å². The van der Waals surface area contributed by atoms with Crippen LogP contribution < -0.4 is 5.32 Å². The first-order valence-corrected chi connectivity index (χ1v) is 8.46. The molecule has 6 heteroatoms. The highest BCUT2D eigenvalue weighted by molar-refractivity contribution is 7.84. The van der Waals surface area contributed by atoms with Gasteiger partial charge in [-0.05, 0) is 36.4 Å². The molecule has 22 heavy (non-hydrogen) atoms. The minimum Gasteiger partial charge on any atom is -0.506 e. The van der Waals surface area contributed by atoms with E-state index in [0.29, 0.717) is 10.7 Å². The number of halogens is 1. The van der Waals surface area contributed by atoms with Crippen molar-refractivity contribution < 1.29 is 9.32 Å². The summed E-state index contributed by atoms with van der Waals surface area (Å²) >= 11 is 5.81. The van der Waals surface area contributed by atoms with Gasteiger partial charge in [0.05, 0.1) is 10.5 Å². The Morgan fingerprint density at radius 2 is 2.00 bits per heavy atom. The molecule has 1 atom stereocenters. The molecule has 1 aromatic heterocycles. The molecular weight excluding hydrogens is 320 g/mol. The van der Waals surface area contributed by atoms with Crippen LogP contribution in [0.25, 0.3) is 10.9 Å². The summed E-state index contributed by atoms with van der Waals surface area (Å²) in [7, 11) is -1.06. The summed E-state index contributed by atoms with van der Waals surface area (Å²) in [5.41, 5.74) is 2.33. The summed E-state index contributed by atoms with van der Waals surface area (Å²) in [6, 6.07) is 12.3. The number of hydrogen-bond donors (Lipinski definition) is 2. The first-order valence-electron chi connectivity index (χ1n) is 6.52. The minimum atomic E-state index is -1.06. The van der Waals surface area contributed by atoms with Gasteiger partial charge in [0, 0.05) is 51.0 Å². The van der Waals surface area contributed by atoms with Crippen molar-refractivity contribution in [2.45, 2.75) is 4.90 Å². The number of hydrogen-bond acceptors (Lipinski definition) is 4. The number of phenolic OH excluding ortho intramolecular Hbond substituents is 1. The largest absolute Gasteiger partial charge is 0.506 e. The van der Waals surface area contributed by atoms with Crippen molar-refractivity contribution in [2.75, 3.05) is 11.6 Å². The minimum absolute atomic E-state index is 0.0142. The summed E-state index contributed by atoms with van der Waals surface area (Å²) in [5, 5.41) is 14.1. The second kappa shape index (κ2) is 5.94. The molecule has 2 N–H and O–H groups in total. The fraction of sp³-hybridized carbons (Fsp3) is 0.0625. The molecule has 0 saturated carbocycles. The third-order valence-electron chi connectivity index (χ3n) is 3.27.